The van der Waals surface area contributed by atoms with Crippen molar-refractivity contribution in [1.82, 2.24) is 0 Å². The van der Waals surface area contributed by atoms with Crippen LogP contribution in [0.3, 0.4) is 0 Å². The Kier molecular flexibility index (Phi) is 14.9. The molecule has 4 atom stereocenters. The molecular weight excluding hydrogens is 458 g/mol. The molecule has 1 nitrogen and oxygen atoms in total. The van der Waals surface area contributed by atoms with E-state index in [0.29, 0.717) is 0 Å². The maximum absolute atomic E-state index is 5.34. The number of fused-ring (bicyclic) bond motifs is 2. The Hall–Kier alpha value is 0.805. The quantitative estimate of drug-likeness (QED) is 0.261. The third kappa shape index (κ3) is 11.7. The van der Waals surface area contributed by atoms with Crippen molar-refractivity contribution in [1.29, 1.82) is 0 Å². The molecular formula is C26H51NSi3Ti. The van der Waals surface area contributed by atoms with Gasteiger partial charge in [0.1, 0.15) is 0 Å². The topological polar surface area (TPSA) is 14.1 Å². The first kappa shape index (κ1) is 34.0. The first-order chi connectivity index (χ1) is 13.1. The van der Waals surface area contributed by atoms with E-state index in [2.05, 4.69) is 85.7 Å². The molecule has 176 valence electrons. The van der Waals surface area contributed by atoms with Gasteiger partial charge in [-0.05, 0) is 54.6 Å². The van der Waals surface area contributed by atoms with Gasteiger partial charge in [0.15, 0.2) is 0 Å². The third-order valence-corrected chi connectivity index (χ3v) is 9.55. The van der Waals surface area contributed by atoms with Gasteiger partial charge in [0.2, 0.25) is 0 Å². The fourth-order valence-corrected chi connectivity index (χ4v) is 10.2. The molecule has 3 rings (SSSR count). The van der Waals surface area contributed by atoms with Crippen molar-refractivity contribution in [2.24, 2.45) is 17.8 Å². The summed E-state index contributed by atoms with van der Waals surface area (Å²) in [6.07, 6.45) is 10.8. The minimum Gasteiger partial charge on any atom is -0.660 e. The first-order valence-electron chi connectivity index (χ1n) is 11.5. The van der Waals surface area contributed by atoms with Crippen molar-refractivity contribution in [2.45, 2.75) is 104 Å². The van der Waals surface area contributed by atoms with Crippen molar-refractivity contribution in [2.75, 3.05) is 0 Å². The van der Waals surface area contributed by atoms with Crippen LogP contribution in [0.4, 0.5) is 0 Å². The van der Waals surface area contributed by atoms with Crippen molar-refractivity contribution >= 4 is 25.8 Å². The van der Waals surface area contributed by atoms with Crippen LogP contribution in [-0.4, -0.2) is 31.4 Å². The van der Waals surface area contributed by atoms with Crippen LogP contribution >= 0.6 is 0 Å². The van der Waals surface area contributed by atoms with Crippen LogP contribution in [0.1, 0.15) is 53.4 Å². The smallest absolute Gasteiger partial charge is 0.660 e. The molecule has 0 aromatic carbocycles. The molecule has 31 heavy (non-hydrogen) atoms. The summed E-state index contributed by atoms with van der Waals surface area (Å²) in [4.78, 5) is 5.34. The second-order valence-electron chi connectivity index (χ2n) is 12.1. The van der Waals surface area contributed by atoms with Crippen LogP contribution in [0.15, 0.2) is 23.3 Å². The summed E-state index contributed by atoms with van der Waals surface area (Å²) in [6.45, 7) is 30.4. The van der Waals surface area contributed by atoms with Crippen LogP contribution < -0.4 is 0 Å². The summed E-state index contributed by atoms with van der Waals surface area (Å²) in [5.41, 5.74) is 4.32. The van der Waals surface area contributed by atoms with E-state index in [1.165, 1.54) is 25.7 Å². The molecule has 4 unspecified atom stereocenters. The Morgan fingerprint density at radius 2 is 1.45 bits per heavy atom. The monoisotopic (exact) mass is 509 g/mol. The fourth-order valence-electron chi connectivity index (χ4n) is 5.55. The molecule has 0 aliphatic heterocycles. The zero-order valence-corrected chi connectivity index (χ0v) is 27.2. The summed E-state index contributed by atoms with van der Waals surface area (Å²) in [7, 11) is -1.60. The van der Waals surface area contributed by atoms with Crippen molar-refractivity contribution in [3.05, 3.63) is 48.8 Å². The maximum atomic E-state index is 5.34. The number of nitrogens with zero attached hydrogens (tertiary/aromatic N) is 1. The third-order valence-electron chi connectivity index (χ3n) is 5.72. The summed E-state index contributed by atoms with van der Waals surface area (Å²) >= 11 is 0. The minimum atomic E-state index is -1.57. The maximum Gasteiger partial charge on any atom is 4.00 e. The van der Waals surface area contributed by atoms with E-state index in [-0.39, 0.29) is 34.7 Å². The Balaban J connectivity index is 0. The number of rotatable bonds is 2. The second kappa shape index (κ2) is 13.6. The van der Waals surface area contributed by atoms with Gasteiger partial charge in [0.25, 0.3) is 0 Å². The van der Waals surface area contributed by atoms with Gasteiger partial charge in [0.05, 0.1) is 0 Å². The predicted octanol–water partition coefficient (Wildman–Crippen LogP) is 8.73. The first-order valence-corrected chi connectivity index (χ1v) is 20.0. The Morgan fingerprint density at radius 3 is 1.87 bits per heavy atom. The molecule has 2 radical (unpaired) electrons. The Labute approximate surface area is 216 Å². The van der Waals surface area contributed by atoms with Crippen LogP contribution in [0.5, 0.6) is 0 Å². The van der Waals surface area contributed by atoms with Gasteiger partial charge in [-0.1, -0.05) is 86.4 Å². The molecule has 0 aromatic heterocycles. The molecule has 2 saturated carbocycles. The molecule has 0 N–H and O–H groups in total. The van der Waals surface area contributed by atoms with Gasteiger partial charge >= 0.3 is 21.7 Å². The molecule has 0 amide bonds. The van der Waals surface area contributed by atoms with Crippen LogP contribution in [0, 0.1) is 38.3 Å². The molecule has 0 spiro atoms. The van der Waals surface area contributed by atoms with E-state index in [0.717, 1.165) is 32.8 Å². The Bertz CT molecular complexity index is 578. The molecule has 2 fully saturated rings. The summed E-state index contributed by atoms with van der Waals surface area (Å²) in [5, 5.41) is 0. The number of allylic oxidation sites excluding steroid dienone is 4. The predicted molar refractivity (Wildman–Crippen MR) is 147 cm³/mol. The molecule has 5 heteroatoms. The van der Waals surface area contributed by atoms with E-state index < -0.39 is 16.3 Å². The molecule has 0 aromatic rings. The van der Waals surface area contributed by atoms with Gasteiger partial charge < -0.3 is 25.5 Å². The largest absolute Gasteiger partial charge is 4.00 e. The second-order valence-corrected chi connectivity index (χ2v) is 22.1. The van der Waals surface area contributed by atoms with Gasteiger partial charge in [-0.25, -0.2) is 0 Å². The van der Waals surface area contributed by atoms with Crippen LogP contribution in [0.2, 0.25) is 44.8 Å². The van der Waals surface area contributed by atoms with Crippen molar-refractivity contribution < 1.29 is 21.7 Å². The van der Waals surface area contributed by atoms with E-state index in [9.17, 15) is 0 Å². The molecule has 0 bridgehead atoms. The average Bonchev–Trinajstić information content (AvgIpc) is 3.03. The summed E-state index contributed by atoms with van der Waals surface area (Å²) < 4.78 is 0. The zero-order chi connectivity index (χ0) is 22.6. The normalized spacial score (nSPS) is 27.0. The van der Waals surface area contributed by atoms with E-state index in [1.54, 1.807) is 11.1 Å². The van der Waals surface area contributed by atoms with Crippen LogP contribution in [0.25, 0.3) is 4.98 Å². The minimum absolute atomic E-state index is 0. The van der Waals surface area contributed by atoms with Gasteiger partial charge in [-0.15, -0.1) is 20.2 Å². The summed E-state index contributed by atoms with van der Waals surface area (Å²) in [5.74, 6) is 2.42. The zero-order valence-electron chi connectivity index (χ0n) is 22.7. The van der Waals surface area contributed by atoms with E-state index >= 15 is 0 Å². The van der Waals surface area contributed by atoms with E-state index in [4.69, 9.17) is 4.98 Å². The summed E-state index contributed by atoms with van der Waals surface area (Å²) in [6, 6.07) is 0. The standard InChI is InChI=1S/C19H32NSi.C4H11Si.C2H5Si.CH3.Ti/c1-13-10-16-11-14-8-7-9-15(14)12-17(16)18(13)21(5,6)20-19(2,3)4;1-5(2,3)4;1-3-2;;/h11-13,16-18H,7-10H2,1-6H3;1H2,2-4H3;1H2,2H3;1H3;/q4*-1;+4. The van der Waals surface area contributed by atoms with Gasteiger partial charge in [-0.3, -0.25) is 0 Å². The number of hydrogen-bond donors (Lipinski definition) is 0. The van der Waals surface area contributed by atoms with Gasteiger partial charge in [-0.2, -0.15) is 9.52 Å². The van der Waals surface area contributed by atoms with Crippen molar-refractivity contribution in [3.63, 3.8) is 0 Å². The average molecular weight is 510 g/mol. The molecule has 0 heterocycles. The van der Waals surface area contributed by atoms with Crippen LogP contribution in [-0.2, 0) is 21.7 Å². The van der Waals surface area contributed by atoms with E-state index in [1.807, 2.05) is 6.55 Å². The molecule has 3 aliphatic carbocycles. The molecule has 0 saturated heterocycles. The Morgan fingerprint density at radius 1 is 1.03 bits per heavy atom. The molecule has 3 aliphatic rings. The fraction of sp³-hybridized carbons (Fsp3) is 0.731. The van der Waals surface area contributed by atoms with Crippen molar-refractivity contribution in [3.8, 4) is 0 Å². The van der Waals surface area contributed by atoms with Gasteiger partial charge in [0, 0.05) is 0 Å². The SMILES string of the molecule is CC1CC2C=C3CCCC3=CC2C1[Si](C)(C)[N-]C(C)(C)C.[CH2-][Si](C)(C)C.[CH2-][Si]C.[CH3-].[Ti+4]. The number of hydrogen-bond acceptors (Lipinski definition) is 0.